The van der Waals surface area contributed by atoms with Gasteiger partial charge in [0.2, 0.25) is 5.91 Å². The van der Waals surface area contributed by atoms with Crippen molar-refractivity contribution in [1.82, 2.24) is 26.1 Å². The number of aliphatic hydroxyl groups is 1. The van der Waals surface area contributed by atoms with Crippen molar-refractivity contribution in [2.45, 2.75) is 97.6 Å². The van der Waals surface area contributed by atoms with E-state index >= 15 is 0 Å². The second-order valence-corrected chi connectivity index (χ2v) is 13.8. The second kappa shape index (κ2) is 16.4. The Bertz CT molecular complexity index is 1570. The molecule has 0 radical (unpaired) electrons. The van der Waals surface area contributed by atoms with Crippen LogP contribution in [0, 0.1) is 11.3 Å². The number of amides is 2. The third-order valence-corrected chi connectivity index (χ3v) is 8.98. The van der Waals surface area contributed by atoms with Crippen molar-refractivity contribution >= 4 is 40.7 Å². The van der Waals surface area contributed by atoms with Crippen LogP contribution in [0.5, 0.6) is 0 Å². The zero-order chi connectivity index (χ0) is 36.8. The van der Waals surface area contributed by atoms with Crippen LogP contribution >= 0.6 is 0 Å². The number of aromatic nitrogens is 1. The van der Waals surface area contributed by atoms with Gasteiger partial charge in [-0.25, -0.2) is 10.4 Å². The van der Waals surface area contributed by atoms with Crippen molar-refractivity contribution in [1.29, 1.82) is 0 Å². The number of hydrogen-bond acceptors (Lipinski definition) is 12. The Hall–Kier alpha value is -3.95. The van der Waals surface area contributed by atoms with Gasteiger partial charge in [-0.2, -0.15) is 0 Å². The summed E-state index contributed by atoms with van der Waals surface area (Å²) in [6.07, 6.45) is 2.99. The van der Waals surface area contributed by atoms with Gasteiger partial charge in [-0.3, -0.25) is 29.5 Å². The molecular weight excluding hydrogens is 646 g/mol. The van der Waals surface area contributed by atoms with E-state index in [2.05, 4.69) is 16.1 Å². The fourth-order valence-electron chi connectivity index (χ4n) is 5.86. The molecule has 1 aromatic carbocycles. The molecule has 2 aromatic rings. The van der Waals surface area contributed by atoms with Crippen LogP contribution in [0.15, 0.2) is 36.4 Å². The molecule has 0 spiro atoms. The van der Waals surface area contributed by atoms with E-state index in [1.54, 1.807) is 27.7 Å². The summed E-state index contributed by atoms with van der Waals surface area (Å²) in [5, 5.41) is 19.8. The van der Waals surface area contributed by atoms with Gasteiger partial charge >= 0.3 is 11.9 Å². The van der Waals surface area contributed by atoms with Gasteiger partial charge in [0.05, 0.1) is 43.0 Å². The number of hydrogen-bond donors (Lipinski definition) is 4. The molecule has 5 unspecified atom stereocenters. The molecule has 2 fully saturated rings. The lowest BCUT2D eigenvalue weighted by molar-refractivity contribution is -0.291. The number of carbonyl (C=O) groups excluding carboxylic acids is 4. The fraction of sp³-hybridized carbons (Fsp3) is 0.583. The highest BCUT2D eigenvalue weighted by atomic mass is 16.7. The standard InChI is InChI=1S/C36H51N5O9/c1-21(2)30(31(43)37-22(3)32(44)41-17-9-10-28(40-41)33(45)47-8)39-34(46)36(19-48-35(6,7)49-20-36)16-15-25-11-12-26-13-14-27(38-29(26)18-25)23(4)50-24(5)42/h11-16,18,21-23,28,30,34,39-40,46H,9-10,17,19-20H2,1-8H3,(H,37,43). The Kier molecular flexibility index (Phi) is 12.7. The number of carbonyl (C=O) groups is 4. The van der Waals surface area contributed by atoms with Crippen LogP contribution in [0.3, 0.4) is 0 Å². The minimum atomic E-state index is -1.29. The predicted octanol–water partition coefficient (Wildman–Crippen LogP) is 2.75. The highest BCUT2D eigenvalue weighted by Gasteiger charge is 2.45. The molecule has 5 atom stereocenters. The topological polar surface area (TPSA) is 178 Å². The number of esters is 2. The number of methoxy groups -OCH3 is 1. The van der Waals surface area contributed by atoms with Crippen LogP contribution in [0.4, 0.5) is 0 Å². The lowest BCUT2D eigenvalue weighted by atomic mass is 9.84. The van der Waals surface area contributed by atoms with Gasteiger partial charge in [-0.05, 0) is 64.2 Å². The van der Waals surface area contributed by atoms with E-state index in [4.69, 9.17) is 23.9 Å². The van der Waals surface area contributed by atoms with Gasteiger partial charge in [-0.15, -0.1) is 0 Å². The molecule has 1 aromatic heterocycles. The summed E-state index contributed by atoms with van der Waals surface area (Å²) in [7, 11) is 1.29. The first-order chi connectivity index (χ1) is 23.5. The van der Waals surface area contributed by atoms with E-state index in [0.717, 1.165) is 10.9 Å². The van der Waals surface area contributed by atoms with E-state index in [1.807, 2.05) is 56.3 Å². The molecule has 2 aliphatic heterocycles. The third-order valence-electron chi connectivity index (χ3n) is 8.98. The average molecular weight is 698 g/mol. The molecule has 4 rings (SSSR count). The van der Waals surface area contributed by atoms with Crippen LogP contribution in [-0.2, 0) is 38.1 Å². The van der Waals surface area contributed by atoms with Crippen molar-refractivity contribution in [2.75, 3.05) is 26.9 Å². The van der Waals surface area contributed by atoms with Crippen LogP contribution in [0.1, 0.15) is 78.7 Å². The summed E-state index contributed by atoms with van der Waals surface area (Å²) >= 11 is 0. The molecule has 14 heteroatoms. The smallest absolute Gasteiger partial charge is 0.324 e. The number of benzene rings is 1. The van der Waals surface area contributed by atoms with Gasteiger partial charge in [0.15, 0.2) is 5.79 Å². The van der Waals surface area contributed by atoms with E-state index in [0.29, 0.717) is 30.6 Å². The Morgan fingerprint density at radius 3 is 2.42 bits per heavy atom. The number of hydrazine groups is 1. The van der Waals surface area contributed by atoms with Gasteiger partial charge in [0.1, 0.15) is 24.4 Å². The third kappa shape index (κ3) is 9.63. The van der Waals surface area contributed by atoms with Crippen LogP contribution in [0.25, 0.3) is 17.0 Å². The van der Waals surface area contributed by atoms with Gasteiger partial charge in [0.25, 0.3) is 5.91 Å². The zero-order valence-corrected chi connectivity index (χ0v) is 30.1. The molecule has 2 aliphatic rings. The first-order valence-electron chi connectivity index (χ1n) is 17.0. The van der Waals surface area contributed by atoms with E-state index in [-0.39, 0.29) is 19.1 Å². The number of rotatable bonds is 12. The predicted molar refractivity (Wildman–Crippen MR) is 185 cm³/mol. The van der Waals surface area contributed by atoms with Crippen LogP contribution in [0.2, 0.25) is 0 Å². The van der Waals surface area contributed by atoms with Crippen LogP contribution < -0.4 is 16.1 Å². The molecule has 4 N–H and O–H groups in total. The number of nitrogens with one attached hydrogen (secondary N) is 3. The number of aliphatic hydroxyl groups excluding tert-OH is 1. The summed E-state index contributed by atoms with van der Waals surface area (Å²) in [5.41, 5.74) is 3.91. The van der Waals surface area contributed by atoms with E-state index in [9.17, 15) is 24.3 Å². The van der Waals surface area contributed by atoms with Crippen molar-refractivity contribution in [3.05, 3.63) is 47.7 Å². The molecule has 50 heavy (non-hydrogen) atoms. The molecule has 2 amide bonds. The lowest BCUT2D eigenvalue weighted by Gasteiger charge is -2.45. The average Bonchev–Trinajstić information content (AvgIpc) is 3.08. The number of ether oxygens (including phenoxy) is 4. The first-order valence-corrected chi connectivity index (χ1v) is 17.0. The highest BCUT2D eigenvalue weighted by Crippen LogP contribution is 2.35. The summed E-state index contributed by atoms with van der Waals surface area (Å²) in [6, 6.07) is 7.03. The highest BCUT2D eigenvalue weighted by molar-refractivity contribution is 5.90. The largest absolute Gasteiger partial charge is 0.468 e. The normalized spacial score (nSPS) is 21.3. The molecule has 0 bridgehead atoms. The van der Waals surface area contributed by atoms with Crippen molar-refractivity contribution in [3.63, 3.8) is 0 Å². The SMILES string of the molecule is COC(=O)C1CCCN(C(=O)C(C)NC(=O)C(NC(O)C2(C=Cc3ccc4ccc(C(C)OC(C)=O)nc4c3)COC(C)(C)OC2)C(C)C)N1. The fourth-order valence-corrected chi connectivity index (χ4v) is 5.86. The zero-order valence-electron chi connectivity index (χ0n) is 30.1. The monoisotopic (exact) mass is 697 g/mol. The van der Waals surface area contributed by atoms with Crippen molar-refractivity contribution < 1.29 is 43.2 Å². The summed E-state index contributed by atoms with van der Waals surface area (Å²) in [4.78, 5) is 55.0. The maximum atomic E-state index is 13.6. The number of fused-ring (bicyclic) bond motifs is 1. The van der Waals surface area contributed by atoms with Crippen molar-refractivity contribution in [3.8, 4) is 0 Å². The van der Waals surface area contributed by atoms with Crippen molar-refractivity contribution in [2.24, 2.45) is 11.3 Å². The molecule has 14 nitrogen and oxygen atoms in total. The lowest BCUT2D eigenvalue weighted by Crippen LogP contribution is -2.63. The number of pyridine rings is 1. The molecule has 0 aliphatic carbocycles. The molecule has 2 saturated heterocycles. The van der Waals surface area contributed by atoms with E-state index < -0.39 is 65.4 Å². The van der Waals surface area contributed by atoms with Gasteiger partial charge < -0.3 is 29.4 Å². The Morgan fingerprint density at radius 1 is 1.10 bits per heavy atom. The molecule has 3 heterocycles. The maximum absolute atomic E-state index is 13.6. The number of nitrogens with zero attached hydrogens (tertiary/aromatic N) is 2. The summed E-state index contributed by atoms with van der Waals surface area (Å²) < 4.78 is 22.1. The summed E-state index contributed by atoms with van der Waals surface area (Å²) in [6.45, 7) is 12.5. The molecular formula is C36H51N5O9. The van der Waals surface area contributed by atoms with Gasteiger partial charge in [0, 0.05) is 18.9 Å². The Labute approximate surface area is 293 Å². The maximum Gasteiger partial charge on any atom is 0.324 e. The Morgan fingerprint density at radius 2 is 1.78 bits per heavy atom. The Balaban J connectivity index is 1.51. The van der Waals surface area contributed by atoms with Crippen LogP contribution in [-0.4, -0.2) is 95.9 Å². The molecule has 0 saturated carbocycles. The summed E-state index contributed by atoms with van der Waals surface area (Å²) in [5.74, 6) is -2.88. The minimum absolute atomic E-state index is 0.0872. The van der Waals surface area contributed by atoms with E-state index in [1.165, 1.54) is 19.0 Å². The second-order valence-electron chi connectivity index (χ2n) is 13.8. The minimum Gasteiger partial charge on any atom is -0.468 e. The first kappa shape index (κ1) is 38.8. The molecule has 274 valence electrons. The quantitative estimate of drug-likeness (QED) is 0.189. The van der Waals surface area contributed by atoms with Gasteiger partial charge in [-0.1, -0.05) is 44.2 Å².